The number of rotatable bonds is 59. The molecule has 0 saturated carbocycles. The number of hydrogen-bond acceptors (Lipinski definition) is 7. The summed E-state index contributed by atoms with van der Waals surface area (Å²) in [5.41, 5.74) is 0. The summed E-state index contributed by atoms with van der Waals surface area (Å²) in [5, 5.41) is 9.74. The van der Waals surface area contributed by atoms with Crippen LogP contribution in [0.4, 0.5) is 0 Å². The highest BCUT2D eigenvalue weighted by molar-refractivity contribution is 5.71. The number of aliphatic carboxylic acids is 1. The van der Waals surface area contributed by atoms with E-state index in [1.807, 2.05) is 21.1 Å². The standard InChI is InChI=1S/C72H121NO8/c1-6-8-10-12-14-16-18-20-22-24-26-28-30-32-34-35-37-39-41-43-45-47-49-51-53-55-57-59-61-63-70(75)81-68(67-80-72(71(76)77)78-65-64-73(3,4)5)66-79-69(74)62-60-58-56-54-52-50-48-46-44-42-40-38-36-33-31-29-27-25-23-21-19-17-15-13-11-9-7-2/h8-11,14-17,20-23,26-29,32,34,37,39,68,72H,6-7,12-13,18-19,24-25,30-31,33,35-36,38,40-67H2,1-5H3/p+1/b10-8-,11-9-,16-14-,17-15-,22-20-,23-21-,28-26-,29-27-,34-32-,39-37-. The van der Waals surface area contributed by atoms with E-state index in [0.29, 0.717) is 23.9 Å². The minimum atomic E-state index is -1.52. The molecule has 0 heterocycles. The Morgan fingerprint density at radius 2 is 0.667 bits per heavy atom. The number of allylic oxidation sites excluding steroid dienone is 20. The molecule has 0 fully saturated rings. The number of quaternary nitrogens is 1. The topological polar surface area (TPSA) is 108 Å². The third kappa shape index (κ3) is 63.1. The van der Waals surface area contributed by atoms with Crippen LogP contribution in [-0.4, -0.2) is 87.4 Å². The van der Waals surface area contributed by atoms with Gasteiger partial charge in [-0.3, -0.25) is 9.59 Å². The average Bonchev–Trinajstić information content (AvgIpc) is 3.44. The predicted octanol–water partition coefficient (Wildman–Crippen LogP) is 20.0. The maximum atomic E-state index is 12.9. The van der Waals surface area contributed by atoms with Crippen LogP contribution in [-0.2, 0) is 33.3 Å². The molecule has 2 atom stereocenters. The second-order valence-electron chi connectivity index (χ2n) is 22.7. The second-order valence-corrected chi connectivity index (χ2v) is 22.7. The van der Waals surface area contributed by atoms with Crippen LogP contribution in [0.3, 0.4) is 0 Å². The maximum absolute atomic E-state index is 12.9. The van der Waals surface area contributed by atoms with Gasteiger partial charge < -0.3 is 28.5 Å². The Hall–Kier alpha value is -4.31. The molecule has 0 radical (unpaired) electrons. The molecule has 0 saturated heterocycles. The quantitative estimate of drug-likeness (QED) is 0.0211. The summed E-state index contributed by atoms with van der Waals surface area (Å²) in [6, 6.07) is 0. The van der Waals surface area contributed by atoms with Crippen LogP contribution >= 0.6 is 0 Å². The first-order valence-corrected chi connectivity index (χ1v) is 32.7. The molecular formula is C72H122NO8+. The first-order chi connectivity index (χ1) is 39.6. The van der Waals surface area contributed by atoms with Gasteiger partial charge in [0.2, 0.25) is 0 Å². The highest BCUT2D eigenvalue weighted by Crippen LogP contribution is 2.16. The van der Waals surface area contributed by atoms with Gasteiger partial charge in [-0.05, 0) is 103 Å². The molecule has 81 heavy (non-hydrogen) atoms. The van der Waals surface area contributed by atoms with Crippen LogP contribution in [0.5, 0.6) is 0 Å². The van der Waals surface area contributed by atoms with E-state index in [0.717, 1.165) is 109 Å². The SMILES string of the molecule is CC/C=C\C/C=C\C/C=C\C/C=C\C/C=C\C/C=C\CCCCCCCCCCCCC(=O)OC(COC(=O)CCCCCCCCCCCCCCCC/C=C\C/C=C\C/C=C\C/C=C\CC)COC(OCC[N+](C)(C)C)C(=O)O. The number of carboxylic acids is 1. The third-order valence-electron chi connectivity index (χ3n) is 13.7. The molecule has 9 heteroatoms. The predicted molar refractivity (Wildman–Crippen MR) is 345 cm³/mol. The van der Waals surface area contributed by atoms with E-state index in [-0.39, 0.29) is 32.2 Å². The van der Waals surface area contributed by atoms with Gasteiger partial charge in [-0.15, -0.1) is 0 Å². The first-order valence-electron chi connectivity index (χ1n) is 32.7. The van der Waals surface area contributed by atoms with Crippen molar-refractivity contribution in [3.63, 3.8) is 0 Å². The van der Waals surface area contributed by atoms with Crippen molar-refractivity contribution in [1.29, 1.82) is 0 Å². The molecule has 0 aromatic rings. The van der Waals surface area contributed by atoms with Gasteiger partial charge in [0.15, 0.2) is 6.10 Å². The van der Waals surface area contributed by atoms with Crippen molar-refractivity contribution >= 4 is 17.9 Å². The summed E-state index contributed by atoms with van der Waals surface area (Å²) in [6.07, 6.45) is 84.3. The van der Waals surface area contributed by atoms with Gasteiger partial charge in [-0.1, -0.05) is 264 Å². The molecule has 9 nitrogen and oxygen atoms in total. The first kappa shape index (κ1) is 76.7. The molecule has 0 aliphatic rings. The Morgan fingerprint density at radius 1 is 0.370 bits per heavy atom. The minimum Gasteiger partial charge on any atom is -0.477 e. The fourth-order valence-electron chi connectivity index (χ4n) is 8.77. The zero-order chi connectivity index (χ0) is 59.1. The molecule has 0 bridgehead atoms. The van der Waals surface area contributed by atoms with E-state index < -0.39 is 24.3 Å². The Bertz CT molecular complexity index is 1740. The summed E-state index contributed by atoms with van der Waals surface area (Å²) < 4.78 is 23.0. The monoisotopic (exact) mass is 1130 g/mol. The number of likely N-dealkylation sites (N-methyl/N-ethyl adjacent to an activating group) is 1. The van der Waals surface area contributed by atoms with E-state index in [1.54, 1.807) is 0 Å². The lowest BCUT2D eigenvalue weighted by Gasteiger charge is -2.25. The third-order valence-corrected chi connectivity index (χ3v) is 13.7. The lowest BCUT2D eigenvalue weighted by molar-refractivity contribution is -0.870. The summed E-state index contributed by atoms with van der Waals surface area (Å²) in [5.74, 6) is -2.01. The smallest absolute Gasteiger partial charge is 0.361 e. The van der Waals surface area contributed by atoms with Gasteiger partial charge >= 0.3 is 17.9 Å². The zero-order valence-corrected chi connectivity index (χ0v) is 52.7. The molecule has 462 valence electrons. The maximum Gasteiger partial charge on any atom is 0.361 e. The molecule has 0 aliphatic carbocycles. The normalized spacial score (nSPS) is 13.5. The van der Waals surface area contributed by atoms with Gasteiger partial charge in [0.25, 0.3) is 6.29 Å². The van der Waals surface area contributed by atoms with Crippen LogP contribution in [0.15, 0.2) is 122 Å². The number of carbonyl (C=O) groups excluding carboxylic acids is 2. The van der Waals surface area contributed by atoms with Gasteiger partial charge in [0.1, 0.15) is 13.2 Å². The number of ether oxygens (including phenoxy) is 4. The minimum absolute atomic E-state index is 0.181. The van der Waals surface area contributed by atoms with Crippen molar-refractivity contribution in [3.8, 4) is 0 Å². The average molecular weight is 1130 g/mol. The molecule has 0 rings (SSSR count). The second kappa shape index (κ2) is 61.8. The number of carbonyl (C=O) groups is 3. The largest absolute Gasteiger partial charge is 0.477 e. The van der Waals surface area contributed by atoms with E-state index >= 15 is 0 Å². The van der Waals surface area contributed by atoms with E-state index in [2.05, 4.69) is 135 Å². The van der Waals surface area contributed by atoms with E-state index in [4.69, 9.17) is 18.9 Å². The molecule has 0 aliphatic heterocycles. The van der Waals surface area contributed by atoms with Gasteiger partial charge in [-0.2, -0.15) is 0 Å². The van der Waals surface area contributed by atoms with Crippen molar-refractivity contribution in [3.05, 3.63) is 122 Å². The van der Waals surface area contributed by atoms with Crippen LogP contribution in [0, 0.1) is 0 Å². The summed E-state index contributed by atoms with van der Waals surface area (Å²) in [7, 11) is 5.97. The lowest BCUT2D eigenvalue weighted by atomic mass is 10.0. The molecule has 0 aromatic carbocycles. The molecular weight excluding hydrogens is 1010 g/mol. The van der Waals surface area contributed by atoms with Gasteiger partial charge in [-0.25, -0.2) is 4.79 Å². The van der Waals surface area contributed by atoms with Crippen LogP contribution < -0.4 is 0 Å². The van der Waals surface area contributed by atoms with Crippen molar-refractivity contribution in [2.75, 3.05) is 47.5 Å². The van der Waals surface area contributed by atoms with E-state index in [9.17, 15) is 19.5 Å². The van der Waals surface area contributed by atoms with Crippen molar-refractivity contribution in [2.45, 2.75) is 270 Å². The van der Waals surface area contributed by atoms with E-state index in [1.165, 1.54) is 116 Å². The Labute approximate surface area is 497 Å². The highest BCUT2D eigenvalue weighted by Gasteiger charge is 2.25. The van der Waals surface area contributed by atoms with Crippen LogP contribution in [0.1, 0.15) is 258 Å². The Morgan fingerprint density at radius 3 is 0.988 bits per heavy atom. The number of unbranched alkanes of at least 4 members (excludes halogenated alkanes) is 24. The Kier molecular flexibility index (Phi) is 58.5. The van der Waals surface area contributed by atoms with Gasteiger partial charge in [0, 0.05) is 12.8 Å². The summed E-state index contributed by atoms with van der Waals surface area (Å²) in [4.78, 5) is 37.6. The van der Waals surface area contributed by atoms with Crippen molar-refractivity contribution < 1.29 is 42.9 Å². The molecule has 0 amide bonds. The van der Waals surface area contributed by atoms with Crippen molar-refractivity contribution in [1.82, 2.24) is 0 Å². The molecule has 1 N–H and O–H groups in total. The number of hydrogen-bond donors (Lipinski definition) is 1. The lowest BCUT2D eigenvalue weighted by Crippen LogP contribution is -2.40. The number of nitrogens with zero attached hydrogens (tertiary/aromatic N) is 1. The zero-order valence-electron chi connectivity index (χ0n) is 52.7. The summed E-state index contributed by atoms with van der Waals surface area (Å²) >= 11 is 0. The molecule has 0 aromatic heterocycles. The molecule has 0 spiro atoms. The highest BCUT2D eigenvalue weighted by atomic mass is 16.7. The molecule has 2 unspecified atom stereocenters. The number of carboxylic acid groups (broad SMARTS) is 1. The fourth-order valence-corrected chi connectivity index (χ4v) is 8.77. The fraction of sp³-hybridized carbons (Fsp3) is 0.681. The Balaban J connectivity index is 4.20. The number of esters is 2. The van der Waals surface area contributed by atoms with Crippen LogP contribution in [0.25, 0.3) is 0 Å². The van der Waals surface area contributed by atoms with Gasteiger partial charge in [0.05, 0.1) is 34.4 Å². The summed E-state index contributed by atoms with van der Waals surface area (Å²) in [6.45, 7) is 4.65. The van der Waals surface area contributed by atoms with Crippen LogP contribution in [0.2, 0.25) is 0 Å². The van der Waals surface area contributed by atoms with Crippen molar-refractivity contribution in [2.24, 2.45) is 0 Å².